The number of nitrogens with zero attached hydrogens (tertiary/aromatic N) is 4. The molecular weight excluding hydrogens is 258 g/mol. The van der Waals surface area contributed by atoms with Gasteiger partial charge in [-0.15, -0.1) is 0 Å². The monoisotopic (exact) mass is 271 g/mol. The summed E-state index contributed by atoms with van der Waals surface area (Å²) in [5, 5.41) is 8.72. The number of aryl methyl sites for hydroxylation is 1. The molecule has 0 aromatic carbocycles. The number of imidazole rings is 1. The van der Waals surface area contributed by atoms with Crippen molar-refractivity contribution in [3.05, 3.63) is 6.33 Å². The molecule has 0 saturated carbocycles. The lowest BCUT2D eigenvalue weighted by atomic mass is 10.3. The summed E-state index contributed by atoms with van der Waals surface area (Å²) in [5.41, 5.74) is 5.57. The zero-order valence-corrected chi connectivity index (χ0v) is 10.6. The molecule has 1 atom stereocenters. The third kappa shape index (κ3) is 2.05. The van der Waals surface area contributed by atoms with Crippen LogP contribution in [0.3, 0.4) is 0 Å². The van der Waals surface area contributed by atoms with Crippen molar-refractivity contribution in [2.75, 3.05) is 25.4 Å². The van der Waals surface area contributed by atoms with Crippen molar-refractivity contribution in [1.29, 1.82) is 5.26 Å². The average Bonchev–Trinajstić information content (AvgIpc) is 2.69. The van der Waals surface area contributed by atoms with Gasteiger partial charge >= 0.3 is 0 Å². The molecule has 0 aliphatic carbocycles. The first kappa shape index (κ1) is 12.8. The van der Waals surface area contributed by atoms with Gasteiger partial charge in [0.25, 0.3) is 10.0 Å². The Morgan fingerprint density at radius 2 is 2.39 bits per heavy atom. The Kier molecular flexibility index (Phi) is 3.25. The maximum Gasteiger partial charge on any atom is 0.262 e. The molecule has 1 fully saturated rings. The molecule has 1 unspecified atom stereocenters. The van der Waals surface area contributed by atoms with Crippen molar-refractivity contribution in [3.8, 4) is 6.07 Å². The largest absolute Gasteiger partial charge is 0.381 e. The highest BCUT2D eigenvalue weighted by atomic mass is 32.2. The van der Waals surface area contributed by atoms with Crippen LogP contribution in [0.15, 0.2) is 11.4 Å². The van der Waals surface area contributed by atoms with E-state index in [4.69, 9.17) is 15.7 Å². The molecule has 0 radical (unpaired) electrons. The molecule has 1 aliphatic heterocycles. The van der Waals surface area contributed by atoms with Crippen LogP contribution in [-0.4, -0.2) is 48.1 Å². The number of sulfonamides is 1. The minimum Gasteiger partial charge on any atom is -0.381 e. The SMILES string of the molecule is Cn1cnc(N)c1S(=O)(=O)N1CCOC(C#N)C1. The van der Waals surface area contributed by atoms with Crippen LogP contribution >= 0.6 is 0 Å². The quantitative estimate of drug-likeness (QED) is 0.731. The second-order valence-electron chi connectivity index (χ2n) is 3.90. The van der Waals surface area contributed by atoms with Crippen molar-refractivity contribution < 1.29 is 13.2 Å². The fraction of sp³-hybridized carbons (Fsp3) is 0.556. The Morgan fingerprint density at radius 1 is 1.67 bits per heavy atom. The summed E-state index contributed by atoms with van der Waals surface area (Å²) in [7, 11) is -2.19. The van der Waals surface area contributed by atoms with E-state index in [2.05, 4.69) is 4.98 Å². The Hall–Kier alpha value is -1.63. The molecule has 0 spiro atoms. The van der Waals surface area contributed by atoms with Crippen LogP contribution in [-0.2, 0) is 21.8 Å². The fourth-order valence-electron chi connectivity index (χ4n) is 1.80. The number of hydrogen-bond acceptors (Lipinski definition) is 6. The number of nitriles is 1. The third-order valence-corrected chi connectivity index (χ3v) is 4.66. The van der Waals surface area contributed by atoms with Crippen LogP contribution < -0.4 is 5.73 Å². The zero-order valence-electron chi connectivity index (χ0n) is 9.78. The van der Waals surface area contributed by atoms with Gasteiger partial charge in [-0.05, 0) is 0 Å². The normalized spacial score (nSPS) is 21.7. The van der Waals surface area contributed by atoms with Crippen LogP contribution in [0.5, 0.6) is 0 Å². The number of hydrogen-bond donors (Lipinski definition) is 1. The molecule has 9 heteroatoms. The van der Waals surface area contributed by atoms with Gasteiger partial charge in [-0.25, -0.2) is 13.4 Å². The maximum absolute atomic E-state index is 12.4. The first-order chi connectivity index (χ1) is 8.46. The predicted molar refractivity (Wildman–Crippen MR) is 61.7 cm³/mol. The molecule has 1 aromatic rings. The molecular formula is C9H13N5O3S. The Balaban J connectivity index is 2.35. The highest BCUT2D eigenvalue weighted by molar-refractivity contribution is 7.89. The second kappa shape index (κ2) is 4.56. The van der Waals surface area contributed by atoms with Crippen LogP contribution in [0.1, 0.15) is 0 Å². The molecule has 18 heavy (non-hydrogen) atoms. The van der Waals surface area contributed by atoms with Crippen molar-refractivity contribution in [2.24, 2.45) is 7.05 Å². The minimum absolute atomic E-state index is 0.00343. The fourth-order valence-corrected chi connectivity index (χ4v) is 3.41. The summed E-state index contributed by atoms with van der Waals surface area (Å²) in [6.07, 6.45) is 0.590. The van der Waals surface area contributed by atoms with E-state index in [9.17, 15) is 8.42 Å². The standard InChI is InChI=1S/C9H13N5O3S/c1-13-6-12-8(11)9(13)18(15,16)14-2-3-17-7(4-10)5-14/h6-7H,2-3,5,11H2,1H3. The third-order valence-electron chi connectivity index (χ3n) is 2.67. The number of rotatable bonds is 2. The number of anilines is 1. The summed E-state index contributed by atoms with van der Waals surface area (Å²) < 4.78 is 32.4. The molecule has 2 N–H and O–H groups in total. The van der Waals surface area contributed by atoms with Gasteiger partial charge in [0.2, 0.25) is 0 Å². The van der Waals surface area contributed by atoms with Gasteiger partial charge in [0.05, 0.1) is 25.5 Å². The molecule has 8 nitrogen and oxygen atoms in total. The van der Waals surface area contributed by atoms with Crippen LogP contribution in [0, 0.1) is 11.3 Å². The molecule has 0 bridgehead atoms. The van der Waals surface area contributed by atoms with E-state index in [-0.39, 0.29) is 30.5 Å². The highest BCUT2D eigenvalue weighted by Crippen LogP contribution is 2.22. The van der Waals surface area contributed by atoms with E-state index in [0.717, 1.165) is 0 Å². The van der Waals surface area contributed by atoms with E-state index in [1.807, 2.05) is 6.07 Å². The van der Waals surface area contributed by atoms with E-state index in [0.29, 0.717) is 0 Å². The average molecular weight is 271 g/mol. The van der Waals surface area contributed by atoms with Crippen molar-refractivity contribution in [2.45, 2.75) is 11.1 Å². The van der Waals surface area contributed by atoms with Gasteiger partial charge in [0.1, 0.15) is 0 Å². The molecule has 1 saturated heterocycles. The summed E-state index contributed by atoms with van der Waals surface area (Å²) in [6, 6.07) is 1.90. The van der Waals surface area contributed by atoms with E-state index < -0.39 is 16.1 Å². The Labute approximate surface area is 105 Å². The van der Waals surface area contributed by atoms with E-state index >= 15 is 0 Å². The first-order valence-electron chi connectivity index (χ1n) is 5.25. The molecule has 1 aliphatic rings. The zero-order chi connectivity index (χ0) is 13.3. The van der Waals surface area contributed by atoms with Crippen LogP contribution in [0.4, 0.5) is 5.82 Å². The van der Waals surface area contributed by atoms with Gasteiger partial charge < -0.3 is 15.0 Å². The summed E-state index contributed by atoms with van der Waals surface area (Å²) in [4.78, 5) is 3.76. The van der Waals surface area contributed by atoms with Crippen molar-refractivity contribution in [3.63, 3.8) is 0 Å². The van der Waals surface area contributed by atoms with Gasteiger partial charge in [-0.2, -0.15) is 9.57 Å². The van der Waals surface area contributed by atoms with Gasteiger partial charge in [-0.3, -0.25) is 0 Å². The molecule has 1 aromatic heterocycles. The predicted octanol–water partition coefficient (Wildman–Crippen LogP) is -1.08. The number of aromatic nitrogens is 2. The van der Waals surface area contributed by atoms with Crippen molar-refractivity contribution in [1.82, 2.24) is 13.9 Å². The Morgan fingerprint density at radius 3 is 2.94 bits per heavy atom. The lowest BCUT2D eigenvalue weighted by molar-refractivity contribution is 0.0310. The van der Waals surface area contributed by atoms with Gasteiger partial charge in [0.15, 0.2) is 16.9 Å². The molecule has 0 amide bonds. The summed E-state index contributed by atoms with van der Waals surface area (Å²) >= 11 is 0. The Bertz CT molecular complexity index is 568. The number of nitrogen functional groups attached to an aromatic ring is 1. The lowest BCUT2D eigenvalue weighted by Gasteiger charge is -2.28. The minimum atomic E-state index is -3.75. The number of ether oxygens (including phenoxy) is 1. The summed E-state index contributed by atoms with van der Waals surface area (Å²) in [6.45, 7) is 0.393. The van der Waals surface area contributed by atoms with E-state index in [1.165, 1.54) is 15.2 Å². The topological polar surface area (TPSA) is 114 Å². The lowest BCUT2D eigenvalue weighted by Crippen LogP contribution is -2.45. The summed E-state index contributed by atoms with van der Waals surface area (Å²) in [5.74, 6) is -0.0440. The molecule has 2 heterocycles. The van der Waals surface area contributed by atoms with Gasteiger partial charge in [-0.1, -0.05) is 0 Å². The van der Waals surface area contributed by atoms with Gasteiger partial charge in [0, 0.05) is 13.6 Å². The first-order valence-corrected chi connectivity index (χ1v) is 6.69. The number of morpholine rings is 1. The smallest absolute Gasteiger partial charge is 0.262 e. The van der Waals surface area contributed by atoms with Crippen molar-refractivity contribution >= 4 is 15.8 Å². The van der Waals surface area contributed by atoms with Crippen LogP contribution in [0.2, 0.25) is 0 Å². The molecule has 2 rings (SSSR count). The second-order valence-corrected chi connectivity index (χ2v) is 5.75. The molecule has 98 valence electrons. The van der Waals surface area contributed by atoms with Crippen LogP contribution in [0.25, 0.3) is 0 Å². The van der Waals surface area contributed by atoms with E-state index in [1.54, 1.807) is 7.05 Å². The highest BCUT2D eigenvalue weighted by Gasteiger charge is 2.34. The maximum atomic E-state index is 12.4. The number of nitrogens with two attached hydrogens (primary N) is 1.